The molecule has 0 radical (unpaired) electrons. The Balaban J connectivity index is 0.00000261. The number of likely N-dealkylation sites (tertiary alicyclic amines) is 1. The summed E-state index contributed by atoms with van der Waals surface area (Å²) in [6.45, 7) is 10.9. The minimum Gasteiger partial charge on any atom is -0.497 e. The molecule has 0 aliphatic carbocycles. The monoisotopic (exact) mass is 487 g/mol. The van der Waals surface area contributed by atoms with Crippen LogP contribution in [0.5, 0.6) is 5.75 Å². The fourth-order valence-corrected chi connectivity index (χ4v) is 3.92. The first-order valence-electron chi connectivity index (χ1n) is 9.80. The van der Waals surface area contributed by atoms with Crippen molar-refractivity contribution in [2.75, 3.05) is 71.4 Å². The molecule has 1 unspecified atom stereocenters. The molecule has 0 amide bonds. The lowest BCUT2D eigenvalue weighted by Crippen LogP contribution is -2.53. The van der Waals surface area contributed by atoms with E-state index in [4.69, 9.17) is 4.74 Å². The molecule has 0 saturated carbocycles. The molecule has 2 heterocycles. The van der Waals surface area contributed by atoms with E-state index in [0.717, 1.165) is 56.9 Å². The van der Waals surface area contributed by atoms with E-state index in [1.807, 2.05) is 13.1 Å². The zero-order chi connectivity index (χ0) is 18.4. The summed E-state index contributed by atoms with van der Waals surface area (Å²) in [5.41, 5.74) is 1.23. The van der Waals surface area contributed by atoms with Crippen LogP contribution in [0.15, 0.2) is 29.3 Å². The fourth-order valence-electron chi connectivity index (χ4n) is 3.92. The van der Waals surface area contributed by atoms with Gasteiger partial charge in [0.05, 0.1) is 7.11 Å². The van der Waals surface area contributed by atoms with Gasteiger partial charge < -0.3 is 24.8 Å². The van der Waals surface area contributed by atoms with Crippen molar-refractivity contribution >= 4 is 35.6 Å². The summed E-state index contributed by atoms with van der Waals surface area (Å²) in [6, 6.07) is 8.32. The van der Waals surface area contributed by atoms with E-state index in [-0.39, 0.29) is 24.0 Å². The van der Waals surface area contributed by atoms with Crippen LogP contribution in [0, 0.1) is 5.92 Å². The van der Waals surface area contributed by atoms with Gasteiger partial charge in [0.1, 0.15) is 5.75 Å². The Hall–Kier alpha value is -1.22. The molecule has 2 aliphatic heterocycles. The normalized spacial score (nSPS) is 21.1. The van der Waals surface area contributed by atoms with Crippen molar-refractivity contribution in [1.29, 1.82) is 0 Å². The van der Waals surface area contributed by atoms with Crippen LogP contribution >= 0.6 is 24.0 Å². The molecule has 152 valence electrons. The van der Waals surface area contributed by atoms with Crippen molar-refractivity contribution in [3.05, 3.63) is 24.3 Å². The molecular weight excluding hydrogens is 453 g/mol. The quantitative estimate of drug-likeness (QED) is 0.393. The van der Waals surface area contributed by atoms with Crippen LogP contribution in [0.1, 0.15) is 13.3 Å². The van der Waals surface area contributed by atoms with Crippen LogP contribution in [-0.2, 0) is 0 Å². The summed E-state index contributed by atoms with van der Waals surface area (Å²) in [6.07, 6.45) is 1.29. The lowest BCUT2D eigenvalue weighted by molar-refractivity contribution is 0.337. The summed E-state index contributed by atoms with van der Waals surface area (Å²) >= 11 is 0. The van der Waals surface area contributed by atoms with Gasteiger partial charge in [-0.05, 0) is 37.6 Å². The molecule has 2 saturated heterocycles. The zero-order valence-corrected chi connectivity index (χ0v) is 19.2. The summed E-state index contributed by atoms with van der Waals surface area (Å²) < 4.78 is 5.35. The van der Waals surface area contributed by atoms with E-state index in [9.17, 15) is 0 Å². The molecule has 27 heavy (non-hydrogen) atoms. The summed E-state index contributed by atoms with van der Waals surface area (Å²) in [4.78, 5) is 11.8. The lowest BCUT2D eigenvalue weighted by Gasteiger charge is -2.38. The van der Waals surface area contributed by atoms with Gasteiger partial charge in [-0.25, -0.2) is 0 Å². The second-order valence-corrected chi connectivity index (χ2v) is 7.15. The summed E-state index contributed by atoms with van der Waals surface area (Å²) in [5, 5.41) is 3.61. The molecule has 1 aromatic carbocycles. The van der Waals surface area contributed by atoms with Gasteiger partial charge in [-0.1, -0.05) is 13.0 Å². The van der Waals surface area contributed by atoms with Gasteiger partial charge in [-0.3, -0.25) is 4.99 Å². The van der Waals surface area contributed by atoms with Crippen molar-refractivity contribution in [1.82, 2.24) is 15.1 Å². The number of hydrogen-bond acceptors (Lipinski definition) is 4. The standard InChI is InChI=1S/C20H33N5O.HI/c1-4-23-9-8-17(16-23)15-22-20(21-2)25-12-10-24(11-13-25)18-6-5-7-19(14-18)26-3;/h5-7,14,17H,4,8-13,15-16H2,1-3H3,(H,21,22);1H. The minimum absolute atomic E-state index is 0. The number of guanidine groups is 1. The first kappa shape index (κ1) is 22.1. The molecule has 1 N–H and O–H groups in total. The van der Waals surface area contributed by atoms with Gasteiger partial charge in [0.2, 0.25) is 0 Å². The Morgan fingerprint density at radius 3 is 2.63 bits per heavy atom. The average Bonchev–Trinajstić information content (AvgIpc) is 3.17. The SMILES string of the molecule is CCN1CCC(CNC(=NC)N2CCN(c3cccc(OC)c3)CC2)C1.I. The summed E-state index contributed by atoms with van der Waals surface area (Å²) in [5.74, 6) is 2.70. The van der Waals surface area contributed by atoms with Gasteiger partial charge in [-0.2, -0.15) is 0 Å². The molecule has 6 nitrogen and oxygen atoms in total. The molecule has 7 heteroatoms. The molecule has 1 atom stereocenters. The molecule has 1 aromatic rings. The molecule has 2 fully saturated rings. The topological polar surface area (TPSA) is 43.3 Å². The van der Waals surface area contributed by atoms with Crippen LogP contribution in [0.3, 0.4) is 0 Å². The van der Waals surface area contributed by atoms with Gasteiger partial charge in [-0.15, -0.1) is 24.0 Å². The number of nitrogens with zero attached hydrogens (tertiary/aromatic N) is 4. The molecule has 0 bridgehead atoms. The largest absolute Gasteiger partial charge is 0.497 e. The number of rotatable bonds is 5. The predicted molar refractivity (Wildman–Crippen MR) is 124 cm³/mol. The second-order valence-electron chi connectivity index (χ2n) is 7.15. The van der Waals surface area contributed by atoms with Gasteiger partial charge >= 0.3 is 0 Å². The predicted octanol–water partition coefficient (Wildman–Crippen LogP) is 2.35. The maximum Gasteiger partial charge on any atom is 0.193 e. The van der Waals surface area contributed by atoms with Crippen molar-refractivity contribution < 1.29 is 4.74 Å². The Labute approximate surface area is 181 Å². The van der Waals surface area contributed by atoms with E-state index in [0.29, 0.717) is 0 Å². The Bertz CT molecular complexity index is 604. The number of halogens is 1. The highest BCUT2D eigenvalue weighted by Crippen LogP contribution is 2.22. The first-order valence-corrected chi connectivity index (χ1v) is 9.80. The third-order valence-electron chi connectivity index (χ3n) is 5.58. The van der Waals surface area contributed by atoms with Crippen molar-refractivity contribution in [2.45, 2.75) is 13.3 Å². The molecule has 2 aliphatic rings. The number of nitrogens with one attached hydrogen (secondary N) is 1. The van der Waals surface area contributed by atoms with Crippen LogP contribution in [0.2, 0.25) is 0 Å². The smallest absolute Gasteiger partial charge is 0.193 e. The number of hydrogen-bond donors (Lipinski definition) is 1. The van der Waals surface area contributed by atoms with Crippen molar-refractivity contribution in [3.8, 4) is 5.75 Å². The summed E-state index contributed by atoms with van der Waals surface area (Å²) in [7, 11) is 3.61. The highest BCUT2D eigenvalue weighted by atomic mass is 127. The van der Waals surface area contributed by atoms with Gasteiger partial charge in [0, 0.05) is 58.1 Å². The molecular formula is C20H34IN5O. The number of anilines is 1. The maximum atomic E-state index is 5.35. The van der Waals surface area contributed by atoms with E-state index in [2.05, 4.69) is 50.1 Å². The Kier molecular flexibility index (Phi) is 8.95. The third-order valence-corrected chi connectivity index (χ3v) is 5.58. The lowest BCUT2D eigenvalue weighted by atomic mass is 10.1. The number of ether oxygens (including phenoxy) is 1. The number of methoxy groups -OCH3 is 1. The Morgan fingerprint density at radius 2 is 2.00 bits per heavy atom. The number of piperazine rings is 1. The molecule has 3 rings (SSSR count). The van der Waals surface area contributed by atoms with Crippen LogP contribution in [0.25, 0.3) is 0 Å². The fraction of sp³-hybridized carbons (Fsp3) is 0.650. The minimum atomic E-state index is 0. The maximum absolute atomic E-state index is 5.35. The van der Waals surface area contributed by atoms with Crippen LogP contribution in [-0.4, -0.2) is 82.3 Å². The van der Waals surface area contributed by atoms with E-state index in [1.165, 1.54) is 25.2 Å². The van der Waals surface area contributed by atoms with E-state index in [1.54, 1.807) is 7.11 Å². The first-order chi connectivity index (χ1) is 12.7. The Morgan fingerprint density at radius 1 is 1.22 bits per heavy atom. The van der Waals surface area contributed by atoms with Crippen LogP contribution in [0.4, 0.5) is 5.69 Å². The molecule has 0 spiro atoms. The number of aliphatic imine (C=N–C) groups is 1. The highest BCUT2D eigenvalue weighted by molar-refractivity contribution is 14.0. The highest BCUT2D eigenvalue weighted by Gasteiger charge is 2.23. The second kappa shape index (κ2) is 10.9. The van der Waals surface area contributed by atoms with Crippen molar-refractivity contribution in [3.63, 3.8) is 0 Å². The van der Waals surface area contributed by atoms with E-state index >= 15 is 0 Å². The van der Waals surface area contributed by atoms with Crippen LogP contribution < -0.4 is 15.0 Å². The van der Waals surface area contributed by atoms with E-state index < -0.39 is 0 Å². The van der Waals surface area contributed by atoms with Crippen molar-refractivity contribution in [2.24, 2.45) is 10.9 Å². The van der Waals surface area contributed by atoms with Gasteiger partial charge in [0.25, 0.3) is 0 Å². The number of benzene rings is 1. The molecule has 0 aromatic heterocycles. The third kappa shape index (κ3) is 5.88. The average molecular weight is 487 g/mol. The van der Waals surface area contributed by atoms with Gasteiger partial charge in [0.15, 0.2) is 5.96 Å². The zero-order valence-electron chi connectivity index (χ0n) is 16.9.